The van der Waals surface area contributed by atoms with Crippen LogP contribution in [0.1, 0.15) is 43.6 Å². The third-order valence-corrected chi connectivity index (χ3v) is 6.46. The van der Waals surface area contributed by atoms with Gasteiger partial charge in [0.25, 0.3) is 5.91 Å². The van der Waals surface area contributed by atoms with E-state index < -0.39 is 29.9 Å². The molecule has 6 N–H and O–H groups in total. The Kier molecular flexibility index (Phi) is 9.88. The summed E-state index contributed by atoms with van der Waals surface area (Å²) in [4.78, 5) is 41.8. The molecule has 1 fully saturated rings. The summed E-state index contributed by atoms with van der Waals surface area (Å²) in [7, 11) is 1.56. The van der Waals surface area contributed by atoms with Crippen LogP contribution in [0.15, 0.2) is 24.3 Å². The number of carbonyl (C=O) groups excluding carboxylic acids is 3. The summed E-state index contributed by atoms with van der Waals surface area (Å²) in [5, 5.41) is 31.1. The molecular weight excluding hydrogens is 476 g/mol. The summed E-state index contributed by atoms with van der Waals surface area (Å²) in [5.41, 5.74) is 1.02. The topological polar surface area (TPSA) is 168 Å². The van der Waals surface area contributed by atoms with Crippen molar-refractivity contribution in [2.24, 2.45) is 11.8 Å². The minimum atomic E-state index is -0.863. The average Bonchev–Trinajstić information content (AvgIpc) is 3.49. The van der Waals surface area contributed by atoms with Gasteiger partial charge in [-0.15, -0.1) is 0 Å². The molecule has 0 radical (unpaired) electrons. The third-order valence-electron chi connectivity index (χ3n) is 6.46. The van der Waals surface area contributed by atoms with Crippen LogP contribution in [0.5, 0.6) is 5.75 Å². The monoisotopic (exact) mass is 512 g/mol. The number of benzene rings is 1. The molecule has 2 aromatic rings. The number of hydrogen-bond donors (Lipinski definition) is 6. The molecule has 2 heterocycles. The van der Waals surface area contributed by atoms with Gasteiger partial charge in [0.1, 0.15) is 23.5 Å². The average molecular weight is 513 g/mol. The molecule has 200 valence electrons. The number of aliphatic hydroxyl groups is 1. The molecule has 0 bridgehead atoms. The minimum Gasteiger partial charge on any atom is -0.496 e. The van der Waals surface area contributed by atoms with Crippen molar-refractivity contribution in [1.82, 2.24) is 26.3 Å². The van der Waals surface area contributed by atoms with Gasteiger partial charge in [0.2, 0.25) is 11.8 Å². The minimum absolute atomic E-state index is 0.0946. The molecule has 4 atom stereocenters. The first kappa shape index (κ1) is 28.0. The SMILES string of the molecule is COc1cccc2[nH]c(C(=O)NC(CC(C)C)C(=O)NC(CC3CCNC3=O)C(C#N)NCCO)cc12. The Morgan fingerprint density at radius 3 is 2.70 bits per heavy atom. The summed E-state index contributed by atoms with van der Waals surface area (Å²) in [6.07, 6.45) is 1.25. The van der Waals surface area contributed by atoms with Crippen molar-refractivity contribution in [1.29, 1.82) is 5.26 Å². The van der Waals surface area contributed by atoms with Crippen molar-refractivity contribution in [2.75, 3.05) is 26.8 Å². The van der Waals surface area contributed by atoms with E-state index in [9.17, 15) is 24.8 Å². The lowest BCUT2D eigenvalue weighted by Crippen LogP contribution is -2.56. The van der Waals surface area contributed by atoms with Crippen LogP contribution >= 0.6 is 0 Å². The zero-order valence-electron chi connectivity index (χ0n) is 21.5. The number of fused-ring (bicyclic) bond motifs is 1. The summed E-state index contributed by atoms with van der Waals surface area (Å²) < 4.78 is 5.37. The second-order valence-corrected chi connectivity index (χ2v) is 9.67. The van der Waals surface area contributed by atoms with Crippen LogP contribution in [0, 0.1) is 23.2 Å². The Morgan fingerprint density at radius 1 is 1.30 bits per heavy atom. The van der Waals surface area contributed by atoms with Gasteiger partial charge < -0.3 is 30.8 Å². The highest BCUT2D eigenvalue weighted by atomic mass is 16.5. The van der Waals surface area contributed by atoms with Crippen molar-refractivity contribution >= 4 is 28.6 Å². The fraction of sp³-hybridized carbons (Fsp3) is 0.538. The molecule has 3 amide bonds. The van der Waals surface area contributed by atoms with Crippen molar-refractivity contribution < 1.29 is 24.2 Å². The predicted octanol–water partition coefficient (Wildman–Crippen LogP) is 0.806. The van der Waals surface area contributed by atoms with Crippen LogP contribution in [0.2, 0.25) is 0 Å². The lowest BCUT2D eigenvalue weighted by Gasteiger charge is -2.28. The Labute approximate surface area is 216 Å². The first-order chi connectivity index (χ1) is 17.8. The number of aliphatic hydroxyl groups excluding tert-OH is 1. The number of nitriles is 1. The first-order valence-corrected chi connectivity index (χ1v) is 12.6. The summed E-state index contributed by atoms with van der Waals surface area (Å²) in [6, 6.07) is 6.88. The third kappa shape index (κ3) is 7.21. The number of methoxy groups -OCH3 is 1. The number of ether oxygens (including phenoxy) is 1. The molecule has 1 saturated heterocycles. The lowest BCUT2D eigenvalue weighted by atomic mass is 9.93. The van der Waals surface area contributed by atoms with Crippen molar-refractivity contribution in [3.63, 3.8) is 0 Å². The maximum absolute atomic E-state index is 13.4. The molecule has 0 spiro atoms. The Morgan fingerprint density at radius 2 is 2.08 bits per heavy atom. The van der Waals surface area contributed by atoms with Crippen LogP contribution in [-0.4, -0.2) is 72.7 Å². The van der Waals surface area contributed by atoms with E-state index in [4.69, 9.17) is 4.74 Å². The molecule has 11 heteroatoms. The van der Waals surface area contributed by atoms with Crippen molar-refractivity contribution in [3.05, 3.63) is 30.0 Å². The molecule has 0 saturated carbocycles. The predicted molar refractivity (Wildman–Crippen MR) is 138 cm³/mol. The molecule has 0 aliphatic carbocycles. The van der Waals surface area contributed by atoms with Crippen molar-refractivity contribution in [3.8, 4) is 11.8 Å². The number of nitrogens with one attached hydrogen (secondary N) is 5. The zero-order valence-corrected chi connectivity index (χ0v) is 21.5. The maximum Gasteiger partial charge on any atom is 0.268 e. The summed E-state index contributed by atoms with van der Waals surface area (Å²) >= 11 is 0. The summed E-state index contributed by atoms with van der Waals surface area (Å²) in [5.74, 6) is -0.611. The molecule has 4 unspecified atom stereocenters. The number of aromatic amines is 1. The zero-order chi connectivity index (χ0) is 26.9. The van der Waals surface area contributed by atoms with Gasteiger partial charge in [0.05, 0.1) is 25.8 Å². The molecule has 1 aliphatic rings. The van der Waals surface area contributed by atoms with E-state index in [2.05, 4.69) is 32.3 Å². The highest BCUT2D eigenvalue weighted by Crippen LogP contribution is 2.26. The molecule has 1 aliphatic heterocycles. The van der Waals surface area contributed by atoms with Crippen LogP contribution < -0.4 is 26.0 Å². The van der Waals surface area contributed by atoms with Gasteiger partial charge in [0, 0.05) is 29.9 Å². The normalized spacial score (nSPS) is 17.6. The largest absolute Gasteiger partial charge is 0.496 e. The molecule has 37 heavy (non-hydrogen) atoms. The number of rotatable bonds is 13. The molecule has 1 aromatic carbocycles. The number of amides is 3. The van der Waals surface area contributed by atoms with Gasteiger partial charge >= 0.3 is 0 Å². The van der Waals surface area contributed by atoms with E-state index in [1.165, 1.54) is 0 Å². The van der Waals surface area contributed by atoms with Crippen LogP contribution in [-0.2, 0) is 9.59 Å². The van der Waals surface area contributed by atoms with Gasteiger partial charge in [-0.05, 0) is 43.4 Å². The number of carbonyl (C=O) groups is 3. The molecule has 11 nitrogen and oxygen atoms in total. The maximum atomic E-state index is 13.4. The highest BCUT2D eigenvalue weighted by Gasteiger charge is 2.34. The molecular formula is C26H36N6O5. The molecule has 1 aromatic heterocycles. The smallest absolute Gasteiger partial charge is 0.268 e. The van der Waals surface area contributed by atoms with Gasteiger partial charge in [0.15, 0.2) is 0 Å². The number of hydrogen-bond acceptors (Lipinski definition) is 7. The van der Waals surface area contributed by atoms with E-state index >= 15 is 0 Å². The Bertz CT molecular complexity index is 1140. The van der Waals surface area contributed by atoms with E-state index in [-0.39, 0.29) is 37.3 Å². The van der Waals surface area contributed by atoms with E-state index in [0.717, 1.165) is 10.9 Å². The molecule has 3 rings (SSSR count). The van der Waals surface area contributed by atoms with Crippen LogP contribution in [0.25, 0.3) is 10.9 Å². The number of H-pyrrole nitrogens is 1. The fourth-order valence-corrected chi connectivity index (χ4v) is 4.60. The first-order valence-electron chi connectivity index (χ1n) is 12.6. The second kappa shape index (κ2) is 13.1. The van der Waals surface area contributed by atoms with E-state index in [0.29, 0.717) is 30.8 Å². The summed E-state index contributed by atoms with van der Waals surface area (Å²) in [6.45, 7) is 4.43. The number of nitrogens with zero attached hydrogens (tertiary/aromatic N) is 1. The van der Waals surface area contributed by atoms with E-state index in [1.54, 1.807) is 19.2 Å². The van der Waals surface area contributed by atoms with Gasteiger partial charge in [-0.1, -0.05) is 19.9 Å². The van der Waals surface area contributed by atoms with E-state index in [1.807, 2.05) is 26.0 Å². The quantitative estimate of drug-likeness (QED) is 0.231. The number of aromatic nitrogens is 1. The lowest BCUT2D eigenvalue weighted by molar-refractivity contribution is -0.126. The van der Waals surface area contributed by atoms with Crippen molar-refractivity contribution in [2.45, 2.75) is 51.2 Å². The second-order valence-electron chi connectivity index (χ2n) is 9.67. The standard InChI is InChI=1S/C26H36N6O5/c1-15(2)11-20(32-26(36)21-13-17-18(30-21)5-4-6-23(17)37-3)25(35)31-19(22(14-27)28-9-10-33)12-16-7-8-29-24(16)34/h4-6,13,15-16,19-20,22,28,30,33H,7-12H2,1-3H3,(H,29,34)(H,31,35)(H,32,36). The Balaban J connectivity index is 1.79. The van der Waals surface area contributed by atoms with Crippen LogP contribution in [0.3, 0.4) is 0 Å². The van der Waals surface area contributed by atoms with Gasteiger partial charge in [-0.25, -0.2) is 0 Å². The highest BCUT2D eigenvalue weighted by molar-refractivity contribution is 6.01. The van der Waals surface area contributed by atoms with Gasteiger partial charge in [-0.3, -0.25) is 19.7 Å². The van der Waals surface area contributed by atoms with Crippen LogP contribution in [0.4, 0.5) is 0 Å². The Hall–Kier alpha value is -3.62. The van der Waals surface area contributed by atoms with Gasteiger partial charge in [-0.2, -0.15) is 5.26 Å². The fourth-order valence-electron chi connectivity index (χ4n) is 4.60.